The van der Waals surface area contributed by atoms with Crippen LogP contribution in [0, 0.1) is 0 Å². The number of rotatable bonds is 6. The summed E-state index contributed by atoms with van der Waals surface area (Å²) in [7, 11) is 0. The van der Waals surface area contributed by atoms with Crippen LogP contribution in [0.2, 0.25) is 10.0 Å². The molecule has 2 aromatic rings. The van der Waals surface area contributed by atoms with Gasteiger partial charge in [0.2, 0.25) is 0 Å². The molecule has 6 heteroatoms. The summed E-state index contributed by atoms with van der Waals surface area (Å²) in [6, 6.07) is 12.7. The summed E-state index contributed by atoms with van der Waals surface area (Å²) in [6.07, 6.45) is -0.186. The molecule has 2 N–H and O–H groups in total. The highest BCUT2D eigenvalue weighted by Crippen LogP contribution is 2.22. The van der Waals surface area contributed by atoms with E-state index in [1.165, 1.54) is 12.1 Å². The van der Waals surface area contributed by atoms with Gasteiger partial charge in [0.15, 0.2) is 5.78 Å². The van der Waals surface area contributed by atoms with Gasteiger partial charge in [0.1, 0.15) is 12.6 Å². The van der Waals surface area contributed by atoms with E-state index in [4.69, 9.17) is 33.7 Å². The molecule has 0 aliphatic carbocycles. The van der Waals surface area contributed by atoms with E-state index in [0.717, 1.165) is 5.56 Å². The minimum Gasteiger partial charge on any atom is -0.460 e. The third kappa shape index (κ3) is 5.06. The van der Waals surface area contributed by atoms with E-state index in [9.17, 15) is 9.59 Å². The van der Waals surface area contributed by atoms with Crippen LogP contribution in [0.15, 0.2) is 48.5 Å². The molecule has 0 bridgehead atoms. The zero-order valence-corrected chi connectivity index (χ0v) is 13.7. The van der Waals surface area contributed by atoms with Crippen LogP contribution in [0.1, 0.15) is 22.3 Å². The summed E-state index contributed by atoms with van der Waals surface area (Å²) in [4.78, 5) is 24.0. The SMILES string of the molecule is NC(CC(=O)c1ccc(Cl)cc1Cl)C(=O)OCc1ccccc1. The molecule has 0 amide bonds. The number of hydrogen-bond donors (Lipinski definition) is 1. The third-order valence-electron chi connectivity index (χ3n) is 3.16. The van der Waals surface area contributed by atoms with Crippen LogP contribution < -0.4 is 5.73 Å². The largest absolute Gasteiger partial charge is 0.460 e. The Hall–Kier alpha value is -1.88. The summed E-state index contributed by atoms with van der Waals surface area (Å²) >= 11 is 11.7. The van der Waals surface area contributed by atoms with Crippen molar-refractivity contribution in [1.29, 1.82) is 0 Å². The fraction of sp³-hybridized carbons (Fsp3) is 0.176. The van der Waals surface area contributed by atoms with Crippen LogP contribution >= 0.6 is 23.2 Å². The van der Waals surface area contributed by atoms with Crippen LogP contribution in [0.25, 0.3) is 0 Å². The van der Waals surface area contributed by atoms with Gasteiger partial charge in [-0.15, -0.1) is 0 Å². The van der Waals surface area contributed by atoms with Crippen molar-refractivity contribution in [2.75, 3.05) is 0 Å². The van der Waals surface area contributed by atoms with Crippen molar-refractivity contribution in [3.8, 4) is 0 Å². The highest BCUT2D eigenvalue weighted by atomic mass is 35.5. The predicted molar refractivity (Wildman–Crippen MR) is 89.6 cm³/mol. The lowest BCUT2D eigenvalue weighted by Gasteiger charge is -2.11. The molecule has 0 fully saturated rings. The maximum atomic E-state index is 12.2. The van der Waals surface area contributed by atoms with Gasteiger partial charge < -0.3 is 10.5 Å². The van der Waals surface area contributed by atoms with Crippen LogP contribution in [0.4, 0.5) is 0 Å². The van der Waals surface area contributed by atoms with Crippen molar-refractivity contribution in [3.05, 3.63) is 69.7 Å². The minimum absolute atomic E-state index is 0.114. The Labute approximate surface area is 144 Å². The number of esters is 1. The van der Waals surface area contributed by atoms with Crippen molar-refractivity contribution in [3.63, 3.8) is 0 Å². The molecule has 1 atom stereocenters. The molecule has 0 heterocycles. The molecule has 1 unspecified atom stereocenters. The fourth-order valence-electron chi connectivity index (χ4n) is 1.94. The van der Waals surface area contributed by atoms with Crippen LogP contribution in [0.3, 0.4) is 0 Å². The van der Waals surface area contributed by atoms with Gasteiger partial charge in [0.25, 0.3) is 0 Å². The van der Waals surface area contributed by atoms with E-state index < -0.39 is 12.0 Å². The smallest absolute Gasteiger partial charge is 0.323 e. The molecule has 23 heavy (non-hydrogen) atoms. The van der Waals surface area contributed by atoms with Crippen LogP contribution in [-0.2, 0) is 16.1 Å². The lowest BCUT2D eigenvalue weighted by molar-refractivity contribution is -0.146. The Morgan fingerprint density at radius 2 is 1.78 bits per heavy atom. The molecular weight excluding hydrogens is 337 g/mol. The second-order valence-corrected chi connectivity index (χ2v) is 5.79. The number of carbonyl (C=O) groups excluding carboxylic acids is 2. The van der Waals surface area contributed by atoms with Gasteiger partial charge in [-0.1, -0.05) is 53.5 Å². The van der Waals surface area contributed by atoms with Gasteiger partial charge in [-0.3, -0.25) is 9.59 Å². The summed E-state index contributed by atoms with van der Waals surface area (Å²) < 4.78 is 5.11. The third-order valence-corrected chi connectivity index (χ3v) is 3.71. The normalized spacial score (nSPS) is 11.8. The Kier molecular flexibility index (Phi) is 6.16. The Bertz CT molecular complexity index is 704. The fourth-order valence-corrected chi connectivity index (χ4v) is 2.46. The number of halogens is 2. The molecule has 4 nitrogen and oxygen atoms in total. The first-order chi connectivity index (χ1) is 11.0. The van der Waals surface area contributed by atoms with E-state index >= 15 is 0 Å². The van der Waals surface area contributed by atoms with Gasteiger partial charge in [0.05, 0.1) is 5.02 Å². The van der Waals surface area contributed by atoms with Gasteiger partial charge in [0, 0.05) is 17.0 Å². The summed E-state index contributed by atoms with van der Waals surface area (Å²) in [5.74, 6) is -0.969. The molecule has 0 aromatic heterocycles. The minimum atomic E-state index is -1.04. The molecule has 0 radical (unpaired) electrons. The van der Waals surface area contributed by atoms with Gasteiger partial charge in [-0.05, 0) is 23.8 Å². The predicted octanol–water partition coefficient (Wildman–Crippen LogP) is 3.64. The first kappa shape index (κ1) is 17.5. The number of carbonyl (C=O) groups is 2. The number of nitrogens with two attached hydrogens (primary N) is 1. The molecule has 0 aliphatic rings. The average molecular weight is 352 g/mol. The van der Waals surface area contributed by atoms with E-state index in [1.807, 2.05) is 30.3 Å². The van der Waals surface area contributed by atoms with Gasteiger partial charge in [-0.25, -0.2) is 0 Å². The lowest BCUT2D eigenvalue weighted by atomic mass is 10.0. The first-order valence-electron chi connectivity index (χ1n) is 6.92. The van der Waals surface area contributed by atoms with E-state index in [2.05, 4.69) is 0 Å². The molecule has 0 saturated carbocycles. The van der Waals surface area contributed by atoms with Gasteiger partial charge in [-0.2, -0.15) is 0 Å². The highest BCUT2D eigenvalue weighted by molar-refractivity contribution is 6.36. The molecule has 0 aliphatic heterocycles. The van der Waals surface area contributed by atoms with Crippen molar-refractivity contribution in [2.24, 2.45) is 5.73 Å². The number of ether oxygens (including phenoxy) is 1. The summed E-state index contributed by atoms with van der Waals surface area (Å²) in [6.45, 7) is 0.114. The second kappa shape index (κ2) is 8.11. The zero-order chi connectivity index (χ0) is 16.8. The molecule has 120 valence electrons. The first-order valence-corrected chi connectivity index (χ1v) is 7.67. The van der Waals surface area contributed by atoms with Crippen molar-refractivity contribution < 1.29 is 14.3 Å². The maximum Gasteiger partial charge on any atom is 0.323 e. The Morgan fingerprint density at radius 1 is 1.09 bits per heavy atom. The monoisotopic (exact) mass is 351 g/mol. The average Bonchev–Trinajstić information content (AvgIpc) is 2.53. The Balaban J connectivity index is 1.91. The quantitative estimate of drug-likeness (QED) is 0.637. The zero-order valence-electron chi connectivity index (χ0n) is 12.2. The van der Waals surface area contributed by atoms with E-state index in [0.29, 0.717) is 5.02 Å². The number of benzene rings is 2. The summed E-state index contributed by atoms with van der Waals surface area (Å²) in [5.41, 5.74) is 6.86. The molecule has 2 rings (SSSR count). The lowest BCUT2D eigenvalue weighted by Crippen LogP contribution is -2.34. The van der Waals surface area contributed by atoms with Crippen molar-refractivity contribution >= 4 is 35.0 Å². The molecule has 0 saturated heterocycles. The number of hydrogen-bond acceptors (Lipinski definition) is 4. The molecular formula is C17H15Cl2NO3. The van der Waals surface area contributed by atoms with Crippen molar-refractivity contribution in [2.45, 2.75) is 19.1 Å². The second-order valence-electron chi connectivity index (χ2n) is 4.95. The molecule has 0 spiro atoms. The standard InChI is InChI=1S/C17H15Cl2NO3/c18-12-6-7-13(14(19)8-12)16(21)9-15(20)17(22)23-10-11-4-2-1-3-5-11/h1-8,15H,9-10,20H2. The molecule has 2 aromatic carbocycles. The Morgan fingerprint density at radius 3 is 2.43 bits per heavy atom. The maximum absolute atomic E-state index is 12.2. The van der Waals surface area contributed by atoms with E-state index in [-0.39, 0.29) is 29.4 Å². The van der Waals surface area contributed by atoms with Crippen LogP contribution in [-0.4, -0.2) is 17.8 Å². The highest BCUT2D eigenvalue weighted by Gasteiger charge is 2.21. The topological polar surface area (TPSA) is 69.4 Å². The van der Waals surface area contributed by atoms with E-state index in [1.54, 1.807) is 6.07 Å². The number of Topliss-reactive ketones (excluding diaryl/α,β-unsaturated/α-hetero) is 1. The van der Waals surface area contributed by atoms with Crippen LogP contribution in [0.5, 0.6) is 0 Å². The van der Waals surface area contributed by atoms with Crippen molar-refractivity contribution in [1.82, 2.24) is 0 Å². The summed E-state index contributed by atoms with van der Waals surface area (Å²) in [5, 5.41) is 0.658. The van der Waals surface area contributed by atoms with Gasteiger partial charge >= 0.3 is 5.97 Å². The number of ketones is 1.